The van der Waals surface area contributed by atoms with E-state index in [1.165, 1.54) is 24.3 Å². The Hall–Kier alpha value is -3.35. The second kappa shape index (κ2) is 7.72. The number of para-hydroxylation sites is 1. The monoisotopic (exact) mass is 385 g/mol. The van der Waals surface area contributed by atoms with Crippen LogP contribution in [0.15, 0.2) is 48.5 Å². The molecule has 28 heavy (non-hydrogen) atoms. The van der Waals surface area contributed by atoms with Crippen LogP contribution in [0, 0.1) is 24.4 Å². The number of nitrogens with two attached hydrogens (primary N) is 1. The molecule has 4 nitrogen and oxygen atoms in total. The Bertz CT molecular complexity index is 1030. The number of rotatable bonds is 4. The van der Waals surface area contributed by atoms with Crippen LogP contribution in [0.4, 0.5) is 29.5 Å². The van der Waals surface area contributed by atoms with E-state index in [0.29, 0.717) is 28.1 Å². The smallest absolute Gasteiger partial charge is 0.325 e. The molecule has 2 N–H and O–H groups in total. The van der Waals surface area contributed by atoms with E-state index in [9.17, 15) is 18.0 Å². The van der Waals surface area contributed by atoms with E-state index in [-0.39, 0.29) is 11.6 Å². The van der Waals surface area contributed by atoms with Gasteiger partial charge < -0.3 is 5.73 Å². The zero-order valence-electron chi connectivity index (χ0n) is 15.3. The molecule has 0 aliphatic rings. The number of nitrogens with zero attached hydrogens (tertiary/aromatic N) is 2. The molecule has 0 fully saturated rings. The number of anilines is 2. The lowest BCUT2D eigenvalue weighted by Crippen LogP contribution is -2.33. The number of hydrogen-bond donors (Lipinski definition) is 1. The van der Waals surface area contributed by atoms with Crippen molar-refractivity contribution in [1.29, 1.82) is 0 Å². The van der Waals surface area contributed by atoms with E-state index in [0.717, 1.165) is 17.7 Å². The topological polar surface area (TPSA) is 59.2 Å². The summed E-state index contributed by atoms with van der Waals surface area (Å²) < 4.78 is 42.0. The third-order valence-electron chi connectivity index (χ3n) is 4.40. The Morgan fingerprint density at radius 3 is 2.32 bits per heavy atom. The number of aromatic nitrogens is 1. The summed E-state index contributed by atoms with van der Waals surface area (Å²) in [4.78, 5) is 17.2. The Balaban J connectivity index is 2.23. The molecule has 2 amide bonds. The van der Waals surface area contributed by atoms with Gasteiger partial charge in [0.2, 0.25) is 0 Å². The number of amides is 2. The second-order valence-corrected chi connectivity index (χ2v) is 6.23. The van der Waals surface area contributed by atoms with E-state index in [4.69, 9.17) is 5.73 Å². The lowest BCUT2D eigenvalue weighted by Gasteiger charge is -2.22. The molecule has 0 aliphatic heterocycles. The molecule has 3 aromatic rings. The summed E-state index contributed by atoms with van der Waals surface area (Å²) in [6, 6.07) is 9.58. The van der Waals surface area contributed by atoms with Gasteiger partial charge in [-0.3, -0.25) is 0 Å². The number of aryl methyl sites for hydroxylation is 2. The molecule has 1 aromatic heterocycles. The summed E-state index contributed by atoms with van der Waals surface area (Å²) in [5, 5.41) is 0. The first kappa shape index (κ1) is 19.4. The van der Waals surface area contributed by atoms with Gasteiger partial charge in [0, 0.05) is 5.56 Å². The summed E-state index contributed by atoms with van der Waals surface area (Å²) >= 11 is 0. The maximum atomic E-state index is 14.3. The molecule has 0 saturated carbocycles. The summed E-state index contributed by atoms with van der Waals surface area (Å²) in [5.41, 5.74) is 7.42. The van der Waals surface area contributed by atoms with Gasteiger partial charge in [-0.25, -0.2) is 27.8 Å². The van der Waals surface area contributed by atoms with Gasteiger partial charge in [-0.2, -0.15) is 0 Å². The Kier molecular flexibility index (Phi) is 5.35. The number of benzene rings is 2. The molecule has 0 spiro atoms. The van der Waals surface area contributed by atoms with Gasteiger partial charge in [-0.15, -0.1) is 0 Å². The fourth-order valence-electron chi connectivity index (χ4n) is 3.05. The van der Waals surface area contributed by atoms with Crippen molar-refractivity contribution < 1.29 is 18.0 Å². The van der Waals surface area contributed by atoms with Crippen LogP contribution in [0.3, 0.4) is 0 Å². The van der Waals surface area contributed by atoms with Crippen molar-refractivity contribution in [2.45, 2.75) is 20.3 Å². The highest BCUT2D eigenvalue weighted by molar-refractivity contribution is 5.98. The van der Waals surface area contributed by atoms with Gasteiger partial charge in [0.05, 0.1) is 5.69 Å². The van der Waals surface area contributed by atoms with Gasteiger partial charge in [0.1, 0.15) is 29.0 Å². The predicted molar refractivity (Wildman–Crippen MR) is 102 cm³/mol. The van der Waals surface area contributed by atoms with Crippen LogP contribution in [-0.2, 0) is 6.42 Å². The summed E-state index contributed by atoms with van der Waals surface area (Å²) in [7, 11) is 0. The fraction of sp³-hybridized carbons (Fsp3) is 0.143. The lowest BCUT2D eigenvalue weighted by atomic mass is 9.99. The number of halogens is 3. The maximum absolute atomic E-state index is 14.3. The molecule has 0 saturated heterocycles. The highest BCUT2D eigenvalue weighted by atomic mass is 19.1. The minimum Gasteiger partial charge on any atom is -0.351 e. The zero-order valence-corrected chi connectivity index (χ0v) is 15.3. The van der Waals surface area contributed by atoms with Crippen LogP contribution in [0.5, 0.6) is 0 Å². The van der Waals surface area contributed by atoms with Crippen molar-refractivity contribution in [3.05, 3.63) is 77.1 Å². The molecule has 2 aromatic carbocycles. The molecule has 0 bridgehead atoms. The Morgan fingerprint density at radius 1 is 1.07 bits per heavy atom. The van der Waals surface area contributed by atoms with Crippen molar-refractivity contribution in [2.75, 3.05) is 4.90 Å². The second-order valence-electron chi connectivity index (χ2n) is 6.23. The zero-order chi connectivity index (χ0) is 20.4. The first-order valence-corrected chi connectivity index (χ1v) is 8.63. The first-order valence-electron chi connectivity index (χ1n) is 8.63. The van der Waals surface area contributed by atoms with Gasteiger partial charge in [-0.05, 0) is 60.9 Å². The summed E-state index contributed by atoms with van der Waals surface area (Å²) in [6.07, 6.45) is 0.615. The van der Waals surface area contributed by atoms with Crippen LogP contribution in [0.25, 0.3) is 11.3 Å². The van der Waals surface area contributed by atoms with Crippen LogP contribution >= 0.6 is 0 Å². The molecule has 0 radical (unpaired) electrons. The Morgan fingerprint density at radius 2 is 1.75 bits per heavy atom. The largest absolute Gasteiger partial charge is 0.351 e. The highest BCUT2D eigenvalue weighted by Gasteiger charge is 2.25. The van der Waals surface area contributed by atoms with Crippen LogP contribution in [-0.4, -0.2) is 11.0 Å². The minimum atomic E-state index is -1.08. The van der Waals surface area contributed by atoms with E-state index >= 15 is 0 Å². The first-order chi connectivity index (χ1) is 13.3. The van der Waals surface area contributed by atoms with Gasteiger partial charge >= 0.3 is 6.03 Å². The van der Waals surface area contributed by atoms with Gasteiger partial charge in [0.25, 0.3) is 0 Å². The number of carbonyl (C=O) groups excluding carboxylic acids is 1. The molecule has 0 unspecified atom stereocenters. The molecule has 144 valence electrons. The normalized spacial score (nSPS) is 10.8. The van der Waals surface area contributed by atoms with E-state index in [1.54, 1.807) is 19.1 Å². The fourth-order valence-corrected chi connectivity index (χ4v) is 3.05. The average Bonchev–Trinajstić information content (AvgIpc) is 2.64. The van der Waals surface area contributed by atoms with E-state index in [1.807, 2.05) is 6.92 Å². The Labute approximate surface area is 160 Å². The quantitative estimate of drug-likeness (QED) is 0.666. The molecule has 1 heterocycles. The van der Waals surface area contributed by atoms with Crippen molar-refractivity contribution in [1.82, 2.24) is 4.98 Å². The predicted octanol–water partition coefficient (Wildman–Crippen LogP) is 5.25. The minimum absolute atomic E-state index is 0.0348. The van der Waals surface area contributed by atoms with Gasteiger partial charge in [-0.1, -0.05) is 19.1 Å². The third kappa shape index (κ3) is 3.55. The lowest BCUT2D eigenvalue weighted by molar-refractivity contribution is 0.255. The molecule has 0 aliphatic carbocycles. The number of primary amides is 1. The third-order valence-corrected chi connectivity index (χ3v) is 4.40. The number of hydrogen-bond acceptors (Lipinski definition) is 2. The number of urea groups is 1. The van der Waals surface area contributed by atoms with Crippen molar-refractivity contribution >= 4 is 17.5 Å². The number of pyridine rings is 1. The van der Waals surface area contributed by atoms with E-state index in [2.05, 4.69) is 4.98 Å². The van der Waals surface area contributed by atoms with Crippen LogP contribution < -0.4 is 10.6 Å². The number of carbonyl (C=O) groups is 1. The molecular weight excluding hydrogens is 367 g/mol. The SMILES string of the molecule is CCc1ccc(N(C(N)=O)c2c(F)cccc2F)nc1-c1ccc(F)cc1C. The van der Waals surface area contributed by atoms with Crippen LogP contribution in [0.1, 0.15) is 18.1 Å². The summed E-state index contributed by atoms with van der Waals surface area (Å²) in [5.74, 6) is -2.31. The van der Waals surface area contributed by atoms with Crippen molar-refractivity contribution in [3.8, 4) is 11.3 Å². The van der Waals surface area contributed by atoms with Crippen molar-refractivity contribution in [2.24, 2.45) is 5.73 Å². The van der Waals surface area contributed by atoms with Gasteiger partial charge in [0.15, 0.2) is 0 Å². The van der Waals surface area contributed by atoms with Crippen molar-refractivity contribution in [3.63, 3.8) is 0 Å². The maximum Gasteiger partial charge on any atom is 0.325 e. The molecule has 7 heteroatoms. The highest BCUT2D eigenvalue weighted by Crippen LogP contribution is 2.33. The molecule has 0 atom stereocenters. The molecule has 3 rings (SSSR count). The summed E-state index contributed by atoms with van der Waals surface area (Å²) in [6.45, 7) is 3.65. The van der Waals surface area contributed by atoms with E-state index < -0.39 is 23.4 Å². The van der Waals surface area contributed by atoms with Crippen LogP contribution in [0.2, 0.25) is 0 Å². The standard InChI is InChI=1S/C21H18F3N3O/c1-3-13-7-10-18(26-19(13)15-9-8-14(22)11-12(15)2)27(21(25)28)20-16(23)5-4-6-17(20)24/h4-11H,3H2,1-2H3,(H2,25,28). The average molecular weight is 385 g/mol. The molecular formula is C21H18F3N3O.